The summed E-state index contributed by atoms with van der Waals surface area (Å²) in [6.07, 6.45) is 6.23. The first kappa shape index (κ1) is 14.0. The quantitative estimate of drug-likeness (QED) is 0.790. The van der Waals surface area contributed by atoms with Crippen LogP contribution in [0, 0.1) is 6.92 Å². The summed E-state index contributed by atoms with van der Waals surface area (Å²) in [5, 5.41) is 10.4. The van der Waals surface area contributed by atoms with Gasteiger partial charge in [0.1, 0.15) is 6.54 Å². The van der Waals surface area contributed by atoms with Crippen LogP contribution in [0.15, 0.2) is 23.1 Å². The van der Waals surface area contributed by atoms with Crippen molar-refractivity contribution in [2.24, 2.45) is 0 Å². The summed E-state index contributed by atoms with van der Waals surface area (Å²) in [5.41, 5.74) is 0. The van der Waals surface area contributed by atoms with Crippen molar-refractivity contribution in [3.63, 3.8) is 0 Å². The van der Waals surface area contributed by atoms with Gasteiger partial charge in [-0.2, -0.15) is 0 Å². The number of hydrogen-bond acceptors (Lipinski definition) is 5. The van der Waals surface area contributed by atoms with E-state index >= 15 is 0 Å². The molecule has 0 saturated carbocycles. The van der Waals surface area contributed by atoms with Crippen molar-refractivity contribution in [2.75, 3.05) is 13.6 Å². The van der Waals surface area contributed by atoms with Gasteiger partial charge in [-0.3, -0.25) is 0 Å². The van der Waals surface area contributed by atoms with E-state index in [0.717, 1.165) is 13.0 Å². The number of aromatic nitrogens is 4. The van der Waals surface area contributed by atoms with E-state index in [0.29, 0.717) is 24.9 Å². The van der Waals surface area contributed by atoms with Gasteiger partial charge in [0.2, 0.25) is 11.8 Å². The normalized spacial score (nSPS) is 10.5. The van der Waals surface area contributed by atoms with Crippen LogP contribution < -0.4 is 5.32 Å². The van der Waals surface area contributed by atoms with Gasteiger partial charge < -0.3 is 19.2 Å². The number of urea groups is 1. The molecule has 108 valence electrons. The predicted octanol–water partition coefficient (Wildman–Crippen LogP) is 0.806. The SMILES string of the molecule is Cc1nnc(CN(C)C(=O)NCCCn2ccnc2)o1. The fourth-order valence-electron chi connectivity index (χ4n) is 1.69. The lowest BCUT2D eigenvalue weighted by molar-refractivity contribution is 0.201. The van der Waals surface area contributed by atoms with E-state index in [1.54, 1.807) is 26.5 Å². The maximum Gasteiger partial charge on any atom is 0.317 e. The Balaban J connectivity index is 1.66. The van der Waals surface area contributed by atoms with Gasteiger partial charge in [-0.1, -0.05) is 0 Å². The van der Waals surface area contributed by atoms with Crippen LogP contribution in [0.25, 0.3) is 0 Å². The molecule has 8 heteroatoms. The highest BCUT2D eigenvalue weighted by Crippen LogP contribution is 2.01. The minimum atomic E-state index is -0.161. The molecule has 0 bridgehead atoms. The van der Waals surface area contributed by atoms with Crippen molar-refractivity contribution in [1.29, 1.82) is 0 Å². The topological polar surface area (TPSA) is 89.1 Å². The van der Waals surface area contributed by atoms with Crippen molar-refractivity contribution in [3.05, 3.63) is 30.5 Å². The molecule has 2 rings (SSSR count). The number of carbonyl (C=O) groups is 1. The average molecular weight is 278 g/mol. The maximum atomic E-state index is 11.8. The minimum Gasteiger partial charge on any atom is -0.424 e. The van der Waals surface area contributed by atoms with E-state index < -0.39 is 0 Å². The van der Waals surface area contributed by atoms with Crippen molar-refractivity contribution < 1.29 is 9.21 Å². The Hall–Kier alpha value is -2.38. The van der Waals surface area contributed by atoms with Gasteiger partial charge in [-0.25, -0.2) is 9.78 Å². The lowest BCUT2D eigenvalue weighted by atomic mass is 10.4. The van der Waals surface area contributed by atoms with Gasteiger partial charge in [0.25, 0.3) is 0 Å². The van der Waals surface area contributed by atoms with Crippen LogP contribution in [-0.2, 0) is 13.1 Å². The molecule has 0 aliphatic carbocycles. The molecule has 0 unspecified atom stereocenters. The van der Waals surface area contributed by atoms with Crippen molar-refractivity contribution in [3.8, 4) is 0 Å². The molecule has 2 aromatic rings. The lowest BCUT2D eigenvalue weighted by Crippen LogP contribution is -2.37. The summed E-state index contributed by atoms with van der Waals surface area (Å²) in [5.74, 6) is 0.924. The molecule has 0 radical (unpaired) electrons. The Morgan fingerprint density at radius 3 is 3.00 bits per heavy atom. The van der Waals surface area contributed by atoms with E-state index in [-0.39, 0.29) is 6.03 Å². The number of rotatable bonds is 6. The largest absolute Gasteiger partial charge is 0.424 e. The second-order valence-corrected chi connectivity index (χ2v) is 4.46. The standard InChI is InChI=1S/C12H18N6O2/c1-10-15-16-11(20-10)8-17(2)12(19)14-4-3-6-18-7-5-13-9-18/h5,7,9H,3-4,6,8H2,1-2H3,(H,14,19). The molecule has 20 heavy (non-hydrogen) atoms. The summed E-state index contributed by atoms with van der Waals surface area (Å²) in [6, 6.07) is -0.161. The third kappa shape index (κ3) is 4.08. The van der Waals surface area contributed by atoms with E-state index in [9.17, 15) is 4.79 Å². The third-order valence-electron chi connectivity index (χ3n) is 2.72. The zero-order valence-electron chi connectivity index (χ0n) is 11.6. The summed E-state index contributed by atoms with van der Waals surface area (Å²) in [7, 11) is 1.69. The molecule has 0 aliphatic rings. The smallest absolute Gasteiger partial charge is 0.317 e. The molecule has 0 saturated heterocycles. The maximum absolute atomic E-state index is 11.8. The summed E-state index contributed by atoms with van der Waals surface area (Å²) >= 11 is 0. The average Bonchev–Trinajstić information content (AvgIpc) is 3.06. The molecule has 0 aromatic carbocycles. The van der Waals surface area contributed by atoms with E-state index in [1.165, 1.54) is 4.90 Å². The number of carbonyl (C=O) groups excluding carboxylic acids is 1. The second kappa shape index (κ2) is 6.69. The van der Waals surface area contributed by atoms with Crippen LogP contribution in [-0.4, -0.2) is 44.3 Å². The number of nitrogens with one attached hydrogen (secondary N) is 1. The Bertz CT molecular complexity index is 536. The Kier molecular flexibility index (Phi) is 4.70. The third-order valence-corrected chi connectivity index (χ3v) is 2.72. The monoisotopic (exact) mass is 278 g/mol. The molecular formula is C12H18N6O2. The van der Waals surface area contributed by atoms with E-state index in [2.05, 4.69) is 20.5 Å². The molecule has 0 spiro atoms. The molecule has 0 fully saturated rings. The highest BCUT2D eigenvalue weighted by molar-refractivity contribution is 5.73. The van der Waals surface area contributed by atoms with Gasteiger partial charge in [0, 0.05) is 39.5 Å². The van der Waals surface area contributed by atoms with Crippen molar-refractivity contribution >= 4 is 6.03 Å². The molecule has 1 N–H and O–H groups in total. The van der Waals surface area contributed by atoms with Crippen molar-refractivity contribution in [1.82, 2.24) is 30.0 Å². The van der Waals surface area contributed by atoms with Crippen LogP contribution in [0.4, 0.5) is 4.79 Å². The van der Waals surface area contributed by atoms with E-state index in [4.69, 9.17) is 4.42 Å². The molecule has 2 heterocycles. The number of hydrogen-bond donors (Lipinski definition) is 1. The Labute approximate surface area is 116 Å². The number of nitrogens with zero attached hydrogens (tertiary/aromatic N) is 5. The fraction of sp³-hybridized carbons (Fsp3) is 0.500. The van der Waals surface area contributed by atoms with Gasteiger partial charge in [0.05, 0.1) is 6.33 Å². The van der Waals surface area contributed by atoms with Crippen LogP contribution >= 0.6 is 0 Å². The molecule has 0 atom stereocenters. The Morgan fingerprint density at radius 1 is 1.50 bits per heavy atom. The van der Waals surface area contributed by atoms with Crippen LogP contribution in [0.5, 0.6) is 0 Å². The molecular weight excluding hydrogens is 260 g/mol. The zero-order chi connectivity index (χ0) is 14.4. The second-order valence-electron chi connectivity index (χ2n) is 4.46. The fourth-order valence-corrected chi connectivity index (χ4v) is 1.69. The first-order valence-electron chi connectivity index (χ1n) is 6.39. The molecule has 0 aliphatic heterocycles. The predicted molar refractivity (Wildman–Crippen MR) is 70.7 cm³/mol. The highest BCUT2D eigenvalue weighted by atomic mass is 16.4. The van der Waals surface area contributed by atoms with Gasteiger partial charge in [-0.05, 0) is 6.42 Å². The van der Waals surface area contributed by atoms with Crippen LogP contribution in [0.2, 0.25) is 0 Å². The first-order valence-corrected chi connectivity index (χ1v) is 6.39. The van der Waals surface area contributed by atoms with Crippen LogP contribution in [0.1, 0.15) is 18.2 Å². The van der Waals surface area contributed by atoms with Gasteiger partial charge in [0.15, 0.2) is 0 Å². The summed E-state index contributed by atoms with van der Waals surface area (Å²) in [4.78, 5) is 17.3. The molecule has 2 aromatic heterocycles. The number of amides is 2. The molecule has 8 nitrogen and oxygen atoms in total. The van der Waals surface area contributed by atoms with Gasteiger partial charge >= 0.3 is 6.03 Å². The Morgan fingerprint density at radius 2 is 2.35 bits per heavy atom. The zero-order valence-corrected chi connectivity index (χ0v) is 11.6. The van der Waals surface area contributed by atoms with Crippen molar-refractivity contribution in [2.45, 2.75) is 26.4 Å². The van der Waals surface area contributed by atoms with E-state index in [1.807, 2.05) is 10.8 Å². The first-order chi connectivity index (χ1) is 9.65. The summed E-state index contributed by atoms with van der Waals surface area (Å²) in [6.45, 7) is 3.44. The van der Waals surface area contributed by atoms with Crippen LogP contribution in [0.3, 0.4) is 0 Å². The summed E-state index contributed by atoms with van der Waals surface area (Å²) < 4.78 is 7.19. The minimum absolute atomic E-state index is 0.161. The van der Waals surface area contributed by atoms with Gasteiger partial charge in [-0.15, -0.1) is 10.2 Å². The molecule has 2 amide bonds. The number of imidazole rings is 1. The number of aryl methyl sites for hydroxylation is 2. The lowest BCUT2D eigenvalue weighted by Gasteiger charge is -2.15. The highest BCUT2D eigenvalue weighted by Gasteiger charge is 2.11.